The maximum absolute atomic E-state index is 13.0. The van der Waals surface area contributed by atoms with E-state index in [1.165, 1.54) is 12.8 Å². The first-order valence-electron chi connectivity index (χ1n) is 19.6. The SMILES string of the molecule is CC(C)[C@@H](OC(=O)N1CCC1)C1C[C@@H](C)[C@H]2C(O1)[C@H](O)[C@@]1(C)C3CC[C@H]4C(C)(C)[C@@H](OC(=O)N[C@H]5CCNC5=O)CC[C@@]45C[C@@]35CC[C@]21C. The molecule has 0 aromatic carbocycles. The van der Waals surface area contributed by atoms with Crippen molar-refractivity contribution in [1.82, 2.24) is 15.5 Å². The molecule has 10 heteroatoms. The van der Waals surface area contributed by atoms with Crippen LogP contribution in [0.5, 0.6) is 0 Å². The molecule has 49 heavy (non-hydrogen) atoms. The van der Waals surface area contributed by atoms with Crippen molar-refractivity contribution in [3.63, 3.8) is 0 Å². The molecule has 8 fully saturated rings. The maximum atomic E-state index is 13.0. The smallest absolute Gasteiger partial charge is 0.410 e. The Bertz CT molecular complexity index is 1380. The lowest BCUT2D eigenvalue weighted by molar-refractivity contribution is -0.185. The molecule has 3 unspecified atom stereocenters. The van der Waals surface area contributed by atoms with Crippen molar-refractivity contribution in [2.45, 2.75) is 149 Å². The third kappa shape index (κ3) is 4.53. The number of carbonyl (C=O) groups is 3. The van der Waals surface area contributed by atoms with E-state index in [2.05, 4.69) is 59.1 Å². The lowest BCUT2D eigenvalue weighted by Crippen LogP contribution is -2.60. The number of aliphatic hydroxyl groups excluding tert-OH is 1. The molecule has 0 bridgehead atoms. The van der Waals surface area contributed by atoms with Crippen molar-refractivity contribution < 1.29 is 33.7 Å². The summed E-state index contributed by atoms with van der Waals surface area (Å²) in [4.78, 5) is 39.8. The number of rotatable bonds is 5. The molecule has 14 atom stereocenters. The number of ether oxygens (including phenoxy) is 3. The third-order valence-electron chi connectivity index (χ3n) is 16.7. The molecule has 0 radical (unpaired) electrons. The summed E-state index contributed by atoms with van der Waals surface area (Å²) in [5.74, 6) is 1.44. The number of hydrogen-bond acceptors (Lipinski definition) is 7. The van der Waals surface area contributed by atoms with Gasteiger partial charge >= 0.3 is 12.2 Å². The van der Waals surface area contributed by atoms with Gasteiger partial charge in [0.2, 0.25) is 5.91 Å². The number of aliphatic hydroxyl groups is 1. The molecule has 3 N–H and O–H groups in total. The lowest BCUT2D eigenvalue weighted by atomic mass is 9.41. The molecule has 0 aromatic heterocycles. The minimum absolute atomic E-state index is 0.0455. The first-order valence-corrected chi connectivity index (χ1v) is 19.6. The molecule has 3 saturated heterocycles. The van der Waals surface area contributed by atoms with Crippen LogP contribution in [0.4, 0.5) is 9.59 Å². The molecular formula is C39H61N3O7. The highest BCUT2D eigenvalue weighted by Gasteiger charge is 2.84. The van der Waals surface area contributed by atoms with E-state index in [9.17, 15) is 19.5 Å². The molecule has 2 spiro atoms. The van der Waals surface area contributed by atoms with Crippen LogP contribution in [0.15, 0.2) is 0 Å². The summed E-state index contributed by atoms with van der Waals surface area (Å²) in [5, 5.41) is 18.2. The molecule has 3 heterocycles. The summed E-state index contributed by atoms with van der Waals surface area (Å²) in [5.41, 5.74) is -0.103. The Morgan fingerprint density at radius 3 is 2.39 bits per heavy atom. The fourth-order valence-corrected chi connectivity index (χ4v) is 14.1. The first kappa shape index (κ1) is 34.0. The summed E-state index contributed by atoms with van der Waals surface area (Å²) in [6, 6.07) is -0.509. The molecule has 10 nitrogen and oxygen atoms in total. The Morgan fingerprint density at radius 1 is 1.02 bits per heavy atom. The second-order valence-corrected chi connectivity index (χ2v) is 19.2. The van der Waals surface area contributed by atoms with Gasteiger partial charge in [0.05, 0.1) is 18.3 Å². The number of amides is 3. The Labute approximate surface area is 292 Å². The monoisotopic (exact) mass is 683 g/mol. The van der Waals surface area contributed by atoms with Crippen LogP contribution >= 0.6 is 0 Å². The van der Waals surface area contributed by atoms with Crippen molar-refractivity contribution in [1.29, 1.82) is 0 Å². The van der Waals surface area contributed by atoms with Gasteiger partial charge in [-0.25, -0.2) is 9.59 Å². The minimum Gasteiger partial charge on any atom is -0.446 e. The van der Waals surface area contributed by atoms with Gasteiger partial charge in [0.1, 0.15) is 18.2 Å². The molecule has 5 aliphatic carbocycles. The molecule has 5 saturated carbocycles. The van der Waals surface area contributed by atoms with E-state index in [0.29, 0.717) is 30.7 Å². The average molecular weight is 684 g/mol. The van der Waals surface area contributed by atoms with Gasteiger partial charge in [0, 0.05) is 30.5 Å². The van der Waals surface area contributed by atoms with Crippen molar-refractivity contribution in [3.8, 4) is 0 Å². The maximum Gasteiger partial charge on any atom is 0.410 e. The number of likely N-dealkylation sites (tertiary alicyclic amines) is 1. The minimum atomic E-state index is -0.577. The van der Waals surface area contributed by atoms with E-state index in [-0.39, 0.29) is 75.3 Å². The number of fused-ring (bicyclic) bond motifs is 4. The van der Waals surface area contributed by atoms with E-state index in [4.69, 9.17) is 14.2 Å². The fraction of sp³-hybridized carbons (Fsp3) is 0.923. The van der Waals surface area contributed by atoms with Crippen molar-refractivity contribution in [3.05, 3.63) is 0 Å². The van der Waals surface area contributed by atoms with E-state index in [0.717, 1.165) is 58.0 Å². The predicted molar refractivity (Wildman–Crippen MR) is 182 cm³/mol. The third-order valence-corrected chi connectivity index (χ3v) is 16.7. The van der Waals surface area contributed by atoms with Gasteiger partial charge in [-0.15, -0.1) is 0 Å². The van der Waals surface area contributed by atoms with Crippen molar-refractivity contribution in [2.24, 2.45) is 56.7 Å². The van der Waals surface area contributed by atoms with Crippen LogP contribution < -0.4 is 10.6 Å². The Morgan fingerprint density at radius 2 is 1.73 bits per heavy atom. The fourth-order valence-electron chi connectivity index (χ4n) is 14.1. The zero-order valence-electron chi connectivity index (χ0n) is 30.9. The molecule has 274 valence electrons. The van der Waals surface area contributed by atoms with Gasteiger partial charge in [-0.2, -0.15) is 0 Å². The quantitative estimate of drug-likeness (QED) is 0.342. The van der Waals surface area contributed by atoms with Crippen molar-refractivity contribution in [2.75, 3.05) is 19.6 Å². The van der Waals surface area contributed by atoms with Crippen molar-refractivity contribution >= 4 is 18.1 Å². The molecule has 3 amide bonds. The van der Waals surface area contributed by atoms with Gasteiger partial charge < -0.3 is 34.9 Å². The van der Waals surface area contributed by atoms with Gasteiger partial charge in [-0.1, -0.05) is 48.5 Å². The summed E-state index contributed by atoms with van der Waals surface area (Å²) < 4.78 is 19.3. The van der Waals surface area contributed by atoms with E-state index >= 15 is 0 Å². The summed E-state index contributed by atoms with van der Waals surface area (Å²) >= 11 is 0. The number of alkyl carbamates (subject to hydrolysis) is 1. The topological polar surface area (TPSA) is 126 Å². The molecular weight excluding hydrogens is 622 g/mol. The summed E-state index contributed by atoms with van der Waals surface area (Å²) in [6.07, 6.45) is 7.66. The number of nitrogens with one attached hydrogen (secondary N) is 2. The van der Waals surface area contributed by atoms with E-state index in [1.54, 1.807) is 4.90 Å². The highest BCUT2D eigenvalue weighted by Crippen LogP contribution is 2.89. The average Bonchev–Trinajstić information content (AvgIpc) is 3.45. The molecule has 8 rings (SSSR count). The second kappa shape index (κ2) is 11.2. The molecule has 3 aliphatic heterocycles. The predicted octanol–water partition coefficient (Wildman–Crippen LogP) is 5.65. The van der Waals surface area contributed by atoms with Crippen LogP contribution in [-0.2, 0) is 19.0 Å². The zero-order chi connectivity index (χ0) is 34.9. The van der Waals surface area contributed by atoms with Gasteiger partial charge in [0.25, 0.3) is 0 Å². The van der Waals surface area contributed by atoms with Gasteiger partial charge in [-0.3, -0.25) is 4.79 Å². The highest BCUT2D eigenvalue weighted by molar-refractivity contribution is 5.87. The largest absolute Gasteiger partial charge is 0.446 e. The van der Waals surface area contributed by atoms with E-state index in [1.807, 2.05) is 0 Å². The van der Waals surface area contributed by atoms with Crippen LogP contribution in [0.1, 0.15) is 113 Å². The summed E-state index contributed by atoms with van der Waals surface area (Å²) in [7, 11) is 0. The van der Waals surface area contributed by atoms with Crippen LogP contribution in [-0.4, -0.2) is 84.3 Å². The number of carbonyl (C=O) groups excluding carboxylic acids is 3. The molecule has 0 aromatic rings. The van der Waals surface area contributed by atoms with Crippen LogP contribution in [0.2, 0.25) is 0 Å². The van der Waals surface area contributed by atoms with Crippen LogP contribution in [0.25, 0.3) is 0 Å². The standard InChI is InChI=1S/C39H61N3O7/c1-21(2)29(49-34(46)42-17-8-18-42)24-19-22(3)28-30(47-24)31(43)37(7)26-10-9-25-35(4,5)27(48-33(45)41-23-12-16-40-32(23)44)11-13-38(25)20-39(26,38)15-14-36(28,37)6/h21-31,43H,8-20H2,1-7H3,(H,40,44)(H,41,45)/t22-,23+,24?,25+,26?,27+,28+,29-,30?,31+,36-,37-,38-,39+/m1/s1. The molecule has 8 aliphatic rings. The van der Waals surface area contributed by atoms with E-state index < -0.39 is 18.2 Å². The lowest BCUT2D eigenvalue weighted by Gasteiger charge is -2.63. The number of nitrogens with zero attached hydrogens (tertiary/aromatic N) is 1. The first-order chi connectivity index (χ1) is 23.1. The Kier molecular flexibility index (Phi) is 7.79. The Balaban J connectivity index is 1.01. The van der Waals surface area contributed by atoms with Crippen LogP contribution in [0, 0.1) is 56.7 Å². The second-order valence-electron chi connectivity index (χ2n) is 19.2. The highest BCUT2D eigenvalue weighted by atomic mass is 16.6. The summed E-state index contributed by atoms with van der Waals surface area (Å²) in [6.45, 7) is 18.2. The number of hydrogen-bond donors (Lipinski definition) is 3. The van der Waals surface area contributed by atoms with Gasteiger partial charge in [-0.05, 0) is 110 Å². The normalized spacial score (nSPS) is 49.6. The van der Waals surface area contributed by atoms with Gasteiger partial charge in [0.15, 0.2) is 0 Å². The Hall–Kier alpha value is -2.07. The van der Waals surface area contributed by atoms with Crippen LogP contribution in [0.3, 0.4) is 0 Å². The zero-order valence-corrected chi connectivity index (χ0v) is 30.9.